The molecule has 1 aliphatic rings. The van der Waals surface area contributed by atoms with Crippen molar-refractivity contribution < 1.29 is 19.1 Å². The number of benzene rings is 1. The number of rotatable bonds is 9. The van der Waals surface area contributed by atoms with Gasteiger partial charge in [-0.25, -0.2) is 9.97 Å². The van der Waals surface area contributed by atoms with Gasteiger partial charge in [0.2, 0.25) is 11.8 Å². The molecular formula is C21H25ClN4O4. The Labute approximate surface area is 180 Å². The van der Waals surface area contributed by atoms with E-state index in [9.17, 15) is 9.59 Å². The number of nitrogens with one attached hydrogen (secondary N) is 2. The van der Waals surface area contributed by atoms with Crippen molar-refractivity contribution >= 4 is 29.2 Å². The highest BCUT2D eigenvalue weighted by atomic mass is 35.5. The van der Waals surface area contributed by atoms with E-state index in [-0.39, 0.29) is 40.7 Å². The highest BCUT2D eigenvalue weighted by molar-refractivity contribution is 6.34. The van der Waals surface area contributed by atoms with Crippen LogP contribution < -0.4 is 15.4 Å². The molecule has 1 aliphatic carbocycles. The average molecular weight is 433 g/mol. The number of carbonyl (C=O) groups is 2. The number of halogens is 1. The van der Waals surface area contributed by atoms with Gasteiger partial charge in [-0.2, -0.15) is 0 Å². The summed E-state index contributed by atoms with van der Waals surface area (Å²) in [6, 6.07) is 8.78. The van der Waals surface area contributed by atoms with Crippen LogP contribution in [0.25, 0.3) is 0 Å². The summed E-state index contributed by atoms with van der Waals surface area (Å²) < 4.78 is 11.5. The van der Waals surface area contributed by atoms with E-state index < -0.39 is 0 Å². The fourth-order valence-corrected chi connectivity index (χ4v) is 3.32. The molecule has 0 aliphatic heterocycles. The summed E-state index contributed by atoms with van der Waals surface area (Å²) in [7, 11) is 0. The van der Waals surface area contributed by atoms with E-state index in [1.54, 1.807) is 24.3 Å². The van der Waals surface area contributed by atoms with Crippen molar-refractivity contribution in [1.29, 1.82) is 0 Å². The lowest BCUT2D eigenvalue weighted by Crippen LogP contribution is -2.40. The molecule has 2 aromatic rings. The Balaban J connectivity index is 1.44. The fourth-order valence-electron chi connectivity index (χ4n) is 3.12. The molecule has 2 N–H and O–H groups in total. The summed E-state index contributed by atoms with van der Waals surface area (Å²) in [6.45, 7) is 4.33. The maximum absolute atomic E-state index is 12.3. The molecule has 8 nitrogen and oxygen atoms in total. The lowest BCUT2D eigenvalue weighted by molar-refractivity contribution is -0.120. The number of amides is 2. The van der Waals surface area contributed by atoms with Crippen molar-refractivity contribution in [3.8, 4) is 5.88 Å². The Bertz CT molecular complexity index is 875. The molecular weight excluding hydrogens is 408 g/mol. The van der Waals surface area contributed by atoms with Crippen LogP contribution >= 0.6 is 11.6 Å². The number of ether oxygens (including phenoxy) is 2. The molecule has 0 saturated heterocycles. The highest BCUT2D eigenvalue weighted by Gasteiger charge is 2.31. The first-order valence-electron chi connectivity index (χ1n) is 9.80. The lowest BCUT2D eigenvalue weighted by Gasteiger charge is -2.35. The van der Waals surface area contributed by atoms with Gasteiger partial charge in [0.05, 0.1) is 19.3 Å². The zero-order valence-electron chi connectivity index (χ0n) is 16.9. The van der Waals surface area contributed by atoms with E-state index in [0.717, 1.165) is 12.8 Å². The molecule has 9 heteroatoms. The summed E-state index contributed by atoms with van der Waals surface area (Å²) in [5, 5.41) is 5.64. The number of carbonyl (C=O) groups excluding carboxylic acids is 2. The molecule has 1 saturated carbocycles. The molecule has 160 valence electrons. The van der Waals surface area contributed by atoms with E-state index in [1.165, 1.54) is 13.3 Å². The van der Waals surface area contributed by atoms with Gasteiger partial charge in [-0.3, -0.25) is 9.59 Å². The van der Waals surface area contributed by atoms with Crippen LogP contribution in [0.1, 0.15) is 37.0 Å². The van der Waals surface area contributed by atoms with Crippen LogP contribution in [-0.2, 0) is 9.53 Å². The molecule has 0 unspecified atom stereocenters. The quantitative estimate of drug-likeness (QED) is 0.631. The molecule has 1 atom stereocenters. The van der Waals surface area contributed by atoms with Gasteiger partial charge in [0.1, 0.15) is 11.3 Å². The molecule has 0 radical (unpaired) electrons. The molecule has 1 heterocycles. The SMILES string of the molecule is CC(=O)N[C@@H](C)CO[C@H]1C[C@H](COc2ncnc(NC(=O)c3ccccc3)c2Cl)C1. The minimum Gasteiger partial charge on any atom is -0.476 e. The predicted octanol–water partition coefficient (Wildman–Crippen LogP) is 3.08. The predicted molar refractivity (Wildman–Crippen MR) is 113 cm³/mol. The minimum absolute atomic E-state index is 0.0119. The molecule has 1 aromatic carbocycles. The first-order chi connectivity index (χ1) is 14.4. The smallest absolute Gasteiger partial charge is 0.256 e. The minimum atomic E-state index is -0.311. The molecule has 3 rings (SSSR count). The van der Waals surface area contributed by atoms with E-state index in [0.29, 0.717) is 24.7 Å². The van der Waals surface area contributed by atoms with E-state index in [1.807, 2.05) is 13.0 Å². The zero-order chi connectivity index (χ0) is 21.5. The summed E-state index contributed by atoms with van der Waals surface area (Å²) in [6.07, 6.45) is 3.20. The standard InChI is InChI=1S/C21H25ClN4O4/c1-13(25-14(2)27)10-29-17-8-15(9-17)11-30-21-18(22)19(23-12-24-21)26-20(28)16-6-4-3-5-7-16/h3-7,12-13,15,17H,8-11H2,1-2H3,(H,25,27)(H,23,24,26,28)/t13-,15-,17-/m0/s1. The Morgan fingerprint density at radius 2 is 1.97 bits per heavy atom. The number of nitrogens with zero attached hydrogens (tertiary/aromatic N) is 2. The highest BCUT2D eigenvalue weighted by Crippen LogP contribution is 2.33. The maximum Gasteiger partial charge on any atom is 0.256 e. The van der Waals surface area contributed by atoms with Gasteiger partial charge in [0, 0.05) is 18.5 Å². The molecule has 30 heavy (non-hydrogen) atoms. The van der Waals surface area contributed by atoms with Gasteiger partial charge in [-0.05, 0) is 37.8 Å². The third-order valence-corrected chi connectivity index (χ3v) is 5.05. The Hall–Kier alpha value is -2.71. The first-order valence-corrected chi connectivity index (χ1v) is 10.2. The van der Waals surface area contributed by atoms with Crippen LogP contribution in [0.3, 0.4) is 0 Å². The van der Waals surface area contributed by atoms with Crippen LogP contribution in [-0.4, -0.2) is 47.1 Å². The summed E-state index contributed by atoms with van der Waals surface area (Å²) >= 11 is 6.32. The number of anilines is 1. The normalized spacial score (nSPS) is 18.8. The fraction of sp³-hybridized carbons (Fsp3) is 0.429. The van der Waals surface area contributed by atoms with Crippen LogP contribution in [0.15, 0.2) is 36.7 Å². The number of hydrogen-bond donors (Lipinski definition) is 2. The van der Waals surface area contributed by atoms with Gasteiger partial charge >= 0.3 is 0 Å². The Kier molecular flexibility index (Phi) is 7.59. The van der Waals surface area contributed by atoms with Crippen molar-refractivity contribution in [2.24, 2.45) is 5.92 Å². The third kappa shape index (κ3) is 6.14. The van der Waals surface area contributed by atoms with Gasteiger partial charge in [0.15, 0.2) is 5.82 Å². The number of aromatic nitrogens is 2. The van der Waals surface area contributed by atoms with Crippen molar-refractivity contribution in [3.63, 3.8) is 0 Å². The first kappa shape index (κ1) is 22.0. The average Bonchev–Trinajstić information content (AvgIpc) is 2.69. The van der Waals surface area contributed by atoms with Gasteiger partial charge in [-0.15, -0.1) is 0 Å². The molecule has 0 spiro atoms. The second-order valence-electron chi connectivity index (χ2n) is 7.37. The summed E-state index contributed by atoms with van der Waals surface area (Å²) in [5.41, 5.74) is 0.503. The second kappa shape index (κ2) is 10.4. The van der Waals surface area contributed by atoms with Crippen molar-refractivity contribution in [2.45, 2.75) is 38.8 Å². The van der Waals surface area contributed by atoms with E-state index >= 15 is 0 Å². The summed E-state index contributed by atoms with van der Waals surface area (Å²) in [4.78, 5) is 31.4. The number of hydrogen-bond acceptors (Lipinski definition) is 6. The van der Waals surface area contributed by atoms with E-state index in [4.69, 9.17) is 21.1 Å². The monoisotopic (exact) mass is 432 g/mol. The van der Waals surface area contributed by atoms with Crippen molar-refractivity contribution in [3.05, 3.63) is 47.2 Å². The van der Waals surface area contributed by atoms with Crippen LogP contribution in [0.5, 0.6) is 5.88 Å². The third-order valence-electron chi connectivity index (χ3n) is 4.71. The van der Waals surface area contributed by atoms with Crippen LogP contribution in [0, 0.1) is 5.92 Å². The lowest BCUT2D eigenvalue weighted by atomic mass is 9.83. The molecule has 1 aromatic heterocycles. The Morgan fingerprint density at radius 1 is 1.23 bits per heavy atom. The van der Waals surface area contributed by atoms with Crippen molar-refractivity contribution in [2.75, 3.05) is 18.5 Å². The van der Waals surface area contributed by atoms with E-state index in [2.05, 4.69) is 20.6 Å². The van der Waals surface area contributed by atoms with Gasteiger partial charge < -0.3 is 20.1 Å². The Morgan fingerprint density at radius 3 is 2.67 bits per heavy atom. The summed E-state index contributed by atoms with van der Waals surface area (Å²) in [5.74, 6) is 0.400. The molecule has 2 amide bonds. The second-order valence-corrected chi connectivity index (χ2v) is 7.74. The van der Waals surface area contributed by atoms with Gasteiger partial charge in [-0.1, -0.05) is 29.8 Å². The molecule has 0 bridgehead atoms. The van der Waals surface area contributed by atoms with Gasteiger partial charge in [0.25, 0.3) is 5.91 Å². The van der Waals surface area contributed by atoms with Crippen LogP contribution in [0.4, 0.5) is 5.82 Å². The van der Waals surface area contributed by atoms with Crippen LogP contribution in [0.2, 0.25) is 5.02 Å². The zero-order valence-corrected chi connectivity index (χ0v) is 17.7. The maximum atomic E-state index is 12.3. The largest absolute Gasteiger partial charge is 0.476 e. The molecule has 1 fully saturated rings. The topological polar surface area (TPSA) is 102 Å². The van der Waals surface area contributed by atoms with Crippen molar-refractivity contribution in [1.82, 2.24) is 15.3 Å².